The van der Waals surface area contributed by atoms with Crippen molar-refractivity contribution >= 4 is 16.6 Å². The number of aliphatic carboxylic acids is 1. The lowest BCUT2D eigenvalue weighted by molar-refractivity contribution is -0.134. The monoisotopic (exact) mass is 162 g/mol. The predicted molar refractivity (Wildman–Crippen MR) is 24.4 cm³/mol. The third-order valence-electron chi connectivity index (χ3n) is 0. The highest BCUT2D eigenvalue weighted by atomic mass is 32.3. The standard InChI is InChI=1S/C2H4O2.F2O2S/c1-2(3)4;1-5(2,3)4/h1H3,(H,3,4);. The van der Waals surface area contributed by atoms with Crippen LogP contribution in [0.5, 0.6) is 0 Å². The molecular formula is C2H4F2O4S. The first-order chi connectivity index (χ1) is 3.73. The van der Waals surface area contributed by atoms with Crippen LogP contribution in [-0.2, 0) is 15.4 Å². The number of hydrogen-bond acceptors (Lipinski definition) is 3. The zero-order valence-corrected chi connectivity index (χ0v) is 5.15. The Morgan fingerprint density at radius 1 is 1.44 bits per heavy atom. The van der Waals surface area contributed by atoms with E-state index in [-0.39, 0.29) is 0 Å². The molecule has 0 aromatic rings. The van der Waals surface area contributed by atoms with Crippen LogP contribution in [0.25, 0.3) is 0 Å². The van der Waals surface area contributed by atoms with Crippen LogP contribution in [0.4, 0.5) is 7.77 Å². The van der Waals surface area contributed by atoms with E-state index in [2.05, 4.69) is 0 Å². The van der Waals surface area contributed by atoms with Gasteiger partial charge in [-0.1, -0.05) is 7.77 Å². The minimum atomic E-state index is -5.67. The Morgan fingerprint density at radius 2 is 1.44 bits per heavy atom. The molecule has 0 aliphatic heterocycles. The second-order valence-electron chi connectivity index (χ2n) is 0.897. The van der Waals surface area contributed by atoms with Gasteiger partial charge in [0.1, 0.15) is 0 Å². The maximum absolute atomic E-state index is 9.99. The first-order valence-corrected chi connectivity index (χ1v) is 2.85. The largest absolute Gasteiger partial charge is 0.481 e. The zero-order chi connectivity index (χ0) is 8.08. The molecule has 0 rings (SSSR count). The quantitative estimate of drug-likeness (QED) is 0.518. The SMILES string of the molecule is CC(=O)O.O=S(=O)(F)F. The van der Waals surface area contributed by atoms with Crippen LogP contribution in [0, 0.1) is 0 Å². The minimum Gasteiger partial charge on any atom is -0.481 e. The summed E-state index contributed by atoms with van der Waals surface area (Å²) in [6.07, 6.45) is 0. The third-order valence-corrected chi connectivity index (χ3v) is 0. The lowest BCUT2D eigenvalue weighted by Crippen LogP contribution is -1.78. The van der Waals surface area contributed by atoms with Crippen molar-refractivity contribution in [2.45, 2.75) is 6.92 Å². The summed E-state index contributed by atoms with van der Waals surface area (Å²) >= 11 is 0. The summed E-state index contributed by atoms with van der Waals surface area (Å²) in [7, 11) is -5.67. The van der Waals surface area contributed by atoms with E-state index in [9.17, 15) is 7.77 Å². The Kier molecular flexibility index (Phi) is 5.18. The summed E-state index contributed by atoms with van der Waals surface area (Å²) in [5.74, 6) is -0.833. The average Bonchev–Trinajstić information content (AvgIpc) is 1.19. The normalized spacial score (nSPS) is 9.22. The minimum absolute atomic E-state index is 0.833. The number of rotatable bonds is 0. The molecule has 0 unspecified atom stereocenters. The fourth-order valence-corrected chi connectivity index (χ4v) is 0. The van der Waals surface area contributed by atoms with Crippen LogP contribution in [0.15, 0.2) is 0 Å². The highest BCUT2D eigenvalue weighted by molar-refractivity contribution is 7.81. The van der Waals surface area contributed by atoms with Gasteiger partial charge < -0.3 is 5.11 Å². The van der Waals surface area contributed by atoms with Crippen LogP contribution in [0.3, 0.4) is 0 Å². The number of carbonyl (C=O) groups is 1. The Labute approximate surface area is 50.6 Å². The van der Waals surface area contributed by atoms with Crippen LogP contribution in [-0.4, -0.2) is 19.5 Å². The summed E-state index contributed by atoms with van der Waals surface area (Å²) in [5, 5.41) is 7.42. The van der Waals surface area contributed by atoms with E-state index < -0.39 is 16.6 Å². The number of carboxylic acid groups (broad SMARTS) is 1. The molecule has 9 heavy (non-hydrogen) atoms. The Balaban J connectivity index is 0. The smallest absolute Gasteiger partial charge is 0.476 e. The summed E-state index contributed by atoms with van der Waals surface area (Å²) < 4.78 is 36.6. The zero-order valence-electron chi connectivity index (χ0n) is 4.34. The van der Waals surface area contributed by atoms with Gasteiger partial charge in [-0.15, -0.1) is 0 Å². The molecule has 0 bridgehead atoms. The van der Waals surface area contributed by atoms with E-state index in [1.165, 1.54) is 0 Å². The summed E-state index contributed by atoms with van der Waals surface area (Å²) in [5.41, 5.74) is 0. The summed E-state index contributed by atoms with van der Waals surface area (Å²) in [6.45, 7) is 1.08. The van der Waals surface area contributed by atoms with Gasteiger partial charge in [0.2, 0.25) is 0 Å². The molecule has 4 nitrogen and oxygen atoms in total. The third kappa shape index (κ3) is 392. The topological polar surface area (TPSA) is 71.4 Å². The molecule has 0 radical (unpaired) electrons. The molecule has 0 aliphatic rings. The van der Waals surface area contributed by atoms with Gasteiger partial charge in [0.15, 0.2) is 0 Å². The number of halogens is 2. The highest BCUT2D eigenvalue weighted by Gasteiger charge is 1.94. The fraction of sp³-hybridized carbons (Fsp3) is 0.500. The molecule has 0 aromatic carbocycles. The van der Waals surface area contributed by atoms with Crippen LogP contribution in [0.1, 0.15) is 6.92 Å². The van der Waals surface area contributed by atoms with Gasteiger partial charge in [0.05, 0.1) is 0 Å². The van der Waals surface area contributed by atoms with Crippen molar-refractivity contribution in [2.24, 2.45) is 0 Å². The predicted octanol–water partition coefficient (Wildman–Crippen LogP) is 0.261. The van der Waals surface area contributed by atoms with Crippen molar-refractivity contribution in [1.82, 2.24) is 0 Å². The van der Waals surface area contributed by atoms with E-state index in [4.69, 9.17) is 18.3 Å². The van der Waals surface area contributed by atoms with Crippen molar-refractivity contribution in [3.63, 3.8) is 0 Å². The van der Waals surface area contributed by atoms with Gasteiger partial charge >= 0.3 is 10.6 Å². The van der Waals surface area contributed by atoms with Gasteiger partial charge in [-0.05, 0) is 0 Å². The van der Waals surface area contributed by atoms with Gasteiger partial charge in [-0.2, -0.15) is 8.42 Å². The van der Waals surface area contributed by atoms with Crippen LogP contribution < -0.4 is 0 Å². The van der Waals surface area contributed by atoms with Crippen molar-refractivity contribution in [2.75, 3.05) is 0 Å². The van der Waals surface area contributed by atoms with E-state index in [0.29, 0.717) is 0 Å². The molecule has 7 heteroatoms. The van der Waals surface area contributed by atoms with E-state index in [0.717, 1.165) is 6.92 Å². The van der Waals surface area contributed by atoms with E-state index >= 15 is 0 Å². The second-order valence-corrected chi connectivity index (χ2v) is 1.65. The Hall–Kier alpha value is -0.720. The van der Waals surface area contributed by atoms with Crippen LogP contribution in [0.2, 0.25) is 0 Å². The molecule has 56 valence electrons. The lowest BCUT2D eigenvalue weighted by atomic mass is 10.9. The molecular weight excluding hydrogens is 158 g/mol. The Morgan fingerprint density at radius 3 is 1.44 bits per heavy atom. The average molecular weight is 162 g/mol. The molecule has 0 spiro atoms. The fourth-order valence-electron chi connectivity index (χ4n) is 0. The number of hydrogen-bond donors (Lipinski definition) is 1. The molecule has 0 saturated heterocycles. The van der Waals surface area contributed by atoms with Gasteiger partial charge in [-0.3, -0.25) is 4.79 Å². The number of carboxylic acids is 1. The van der Waals surface area contributed by atoms with Crippen molar-refractivity contribution in [1.29, 1.82) is 0 Å². The first kappa shape index (κ1) is 11.1. The Bertz CT molecular complexity index is 159. The van der Waals surface area contributed by atoms with Gasteiger partial charge in [0, 0.05) is 6.92 Å². The molecule has 0 atom stereocenters. The molecule has 0 aliphatic carbocycles. The van der Waals surface area contributed by atoms with Crippen molar-refractivity contribution in [3.05, 3.63) is 0 Å². The van der Waals surface area contributed by atoms with Crippen molar-refractivity contribution in [3.8, 4) is 0 Å². The van der Waals surface area contributed by atoms with E-state index in [1.54, 1.807) is 0 Å². The van der Waals surface area contributed by atoms with Gasteiger partial charge in [0.25, 0.3) is 5.97 Å². The van der Waals surface area contributed by atoms with Crippen molar-refractivity contribution < 1.29 is 26.1 Å². The molecule has 0 fully saturated rings. The summed E-state index contributed by atoms with van der Waals surface area (Å²) in [4.78, 5) is 9.00. The molecule has 0 saturated carbocycles. The molecule has 1 N–H and O–H groups in total. The maximum atomic E-state index is 9.99. The van der Waals surface area contributed by atoms with Crippen LogP contribution >= 0.6 is 0 Å². The maximum Gasteiger partial charge on any atom is 0.476 e. The van der Waals surface area contributed by atoms with Gasteiger partial charge in [-0.25, -0.2) is 0 Å². The summed E-state index contributed by atoms with van der Waals surface area (Å²) in [6, 6.07) is 0. The highest BCUT2D eigenvalue weighted by Crippen LogP contribution is 1.85. The van der Waals surface area contributed by atoms with E-state index in [1.807, 2.05) is 0 Å². The molecule has 0 heterocycles. The second kappa shape index (κ2) is 4.19. The molecule has 0 aromatic heterocycles. The first-order valence-electron chi connectivity index (χ1n) is 1.57. The molecule has 0 amide bonds. The lowest BCUT2D eigenvalue weighted by Gasteiger charge is -1.59.